The third kappa shape index (κ3) is 4.78. The molecule has 0 aliphatic heterocycles. The minimum absolute atomic E-state index is 0.0161. The second-order valence-corrected chi connectivity index (χ2v) is 4.77. The molecule has 0 aliphatic rings. The summed E-state index contributed by atoms with van der Waals surface area (Å²) in [6.45, 7) is 4.96. The Hall–Kier alpha value is -1.10. The zero-order valence-electron chi connectivity index (χ0n) is 12.3. The smallest absolute Gasteiger partial charge is 0.250 e. The van der Waals surface area contributed by atoms with E-state index in [0.29, 0.717) is 18.2 Å². The van der Waals surface area contributed by atoms with Crippen molar-refractivity contribution in [3.63, 3.8) is 0 Å². The molecule has 20 heavy (non-hydrogen) atoms. The molecule has 0 fully saturated rings. The number of benzene rings is 1. The first-order chi connectivity index (χ1) is 9.63. The molecule has 0 radical (unpaired) electrons. The maximum atomic E-state index is 11.9. The predicted octanol–water partition coefficient (Wildman–Crippen LogP) is 3.07. The Morgan fingerprint density at radius 1 is 1.25 bits per heavy atom. The number of halogens is 1. The molecule has 0 unspecified atom stereocenters. The number of methoxy groups -OCH3 is 1. The summed E-state index contributed by atoms with van der Waals surface area (Å²) in [6.07, 6.45) is 1.61. The van der Waals surface area contributed by atoms with E-state index >= 15 is 0 Å². The van der Waals surface area contributed by atoms with Gasteiger partial charge in [0.2, 0.25) is 5.91 Å². The van der Waals surface area contributed by atoms with E-state index in [-0.39, 0.29) is 12.5 Å². The minimum atomic E-state index is -0.173. The van der Waals surface area contributed by atoms with E-state index in [0.717, 1.165) is 29.7 Å². The zero-order valence-corrected chi connectivity index (χ0v) is 13.0. The number of hydrogen-bond donors (Lipinski definition) is 1. The highest BCUT2D eigenvalue weighted by molar-refractivity contribution is 6.32. The van der Waals surface area contributed by atoms with E-state index in [2.05, 4.69) is 5.32 Å². The van der Waals surface area contributed by atoms with Crippen LogP contribution >= 0.6 is 11.6 Å². The number of anilines is 1. The highest BCUT2D eigenvalue weighted by Crippen LogP contribution is 2.29. The molecule has 1 aromatic rings. The summed E-state index contributed by atoms with van der Waals surface area (Å²) < 4.78 is 10.1. The summed E-state index contributed by atoms with van der Waals surface area (Å²) in [5, 5.41) is 3.59. The fraction of sp³-hybridized carbons (Fsp3) is 0.533. The van der Waals surface area contributed by atoms with Crippen molar-refractivity contribution in [2.45, 2.75) is 26.7 Å². The third-order valence-corrected chi connectivity index (χ3v) is 3.36. The van der Waals surface area contributed by atoms with Crippen LogP contribution in [0.2, 0.25) is 5.02 Å². The van der Waals surface area contributed by atoms with Gasteiger partial charge in [0.1, 0.15) is 6.61 Å². The van der Waals surface area contributed by atoms with E-state index in [9.17, 15) is 4.79 Å². The maximum absolute atomic E-state index is 11.9. The molecule has 0 aromatic heterocycles. The molecule has 5 heteroatoms. The van der Waals surface area contributed by atoms with Crippen LogP contribution in [0.1, 0.15) is 25.0 Å². The molecule has 0 saturated heterocycles. The highest BCUT2D eigenvalue weighted by Gasteiger charge is 2.13. The number of amides is 1. The van der Waals surface area contributed by atoms with E-state index in [1.54, 1.807) is 7.11 Å². The Morgan fingerprint density at radius 3 is 2.60 bits per heavy atom. The summed E-state index contributed by atoms with van der Waals surface area (Å²) >= 11 is 6.19. The number of aryl methyl sites for hydroxylation is 1. The lowest BCUT2D eigenvalue weighted by atomic mass is 10.0. The molecule has 0 heterocycles. The van der Waals surface area contributed by atoms with E-state index in [1.165, 1.54) is 0 Å². The molecule has 0 aliphatic carbocycles. The second-order valence-electron chi connectivity index (χ2n) is 4.36. The maximum Gasteiger partial charge on any atom is 0.250 e. The van der Waals surface area contributed by atoms with Crippen LogP contribution in [0.5, 0.6) is 0 Å². The van der Waals surface area contributed by atoms with Crippen molar-refractivity contribution in [3.05, 3.63) is 28.3 Å². The fourth-order valence-electron chi connectivity index (χ4n) is 1.95. The third-order valence-electron chi connectivity index (χ3n) is 3.01. The van der Waals surface area contributed by atoms with Gasteiger partial charge in [0.05, 0.1) is 13.2 Å². The Morgan fingerprint density at radius 2 is 2.00 bits per heavy atom. The number of rotatable bonds is 8. The standard InChI is InChI=1S/C15H22ClNO3/c1-4-11-6-7-13(16)12(5-2)15(11)17-14(18)10-20-9-8-19-3/h6-7H,4-5,8-10H2,1-3H3,(H,17,18). The molecule has 1 amide bonds. The topological polar surface area (TPSA) is 47.6 Å². The highest BCUT2D eigenvalue weighted by atomic mass is 35.5. The molecule has 4 nitrogen and oxygen atoms in total. The fourth-order valence-corrected chi connectivity index (χ4v) is 2.24. The lowest BCUT2D eigenvalue weighted by molar-refractivity contribution is -0.121. The van der Waals surface area contributed by atoms with Crippen LogP contribution in [0.15, 0.2) is 12.1 Å². The van der Waals surface area contributed by atoms with Crippen molar-refractivity contribution in [1.29, 1.82) is 0 Å². The number of carbonyl (C=O) groups is 1. The second kappa shape index (κ2) is 8.95. The van der Waals surface area contributed by atoms with Crippen LogP contribution < -0.4 is 5.32 Å². The molecule has 1 rings (SSSR count). The summed E-state index contributed by atoms with van der Waals surface area (Å²) in [4.78, 5) is 11.9. The molecular formula is C15H22ClNO3. The first kappa shape index (κ1) is 17.0. The first-order valence-electron chi connectivity index (χ1n) is 6.80. The number of carbonyl (C=O) groups excluding carboxylic acids is 1. The van der Waals surface area contributed by atoms with Crippen molar-refractivity contribution in [3.8, 4) is 0 Å². The Kier molecular flexibility index (Phi) is 7.59. The monoisotopic (exact) mass is 299 g/mol. The van der Waals surface area contributed by atoms with Crippen LogP contribution in [0.25, 0.3) is 0 Å². The average Bonchev–Trinajstić information content (AvgIpc) is 2.44. The van der Waals surface area contributed by atoms with Crippen LogP contribution in [0, 0.1) is 0 Å². The van der Waals surface area contributed by atoms with Gasteiger partial charge in [-0.2, -0.15) is 0 Å². The zero-order chi connectivity index (χ0) is 15.0. The summed E-state index contributed by atoms with van der Waals surface area (Å²) in [5.41, 5.74) is 2.87. The molecule has 112 valence electrons. The van der Waals surface area contributed by atoms with Crippen LogP contribution in [0.3, 0.4) is 0 Å². The van der Waals surface area contributed by atoms with E-state index in [4.69, 9.17) is 21.1 Å². The molecule has 0 spiro atoms. The van der Waals surface area contributed by atoms with Gasteiger partial charge in [0, 0.05) is 17.8 Å². The van der Waals surface area contributed by atoms with Gasteiger partial charge in [-0.1, -0.05) is 31.5 Å². The first-order valence-corrected chi connectivity index (χ1v) is 7.18. The summed E-state index contributed by atoms with van der Waals surface area (Å²) in [7, 11) is 1.59. The SMILES string of the molecule is CCc1ccc(Cl)c(CC)c1NC(=O)COCCOC. The minimum Gasteiger partial charge on any atom is -0.382 e. The molecular weight excluding hydrogens is 278 g/mol. The Bertz CT molecular complexity index is 449. The normalized spacial score (nSPS) is 10.6. The number of ether oxygens (including phenoxy) is 2. The van der Waals surface area contributed by atoms with Crippen LogP contribution in [-0.4, -0.2) is 32.8 Å². The van der Waals surface area contributed by atoms with Crippen molar-refractivity contribution in [1.82, 2.24) is 0 Å². The van der Waals surface area contributed by atoms with Crippen LogP contribution in [-0.2, 0) is 27.1 Å². The van der Waals surface area contributed by atoms with Gasteiger partial charge in [-0.3, -0.25) is 4.79 Å². The van der Waals surface area contributed by atoms with Gasteiger partial charge >= 0.3 is 0 Å². The van der Waals surface area contributed by atoms with E-state index < -0.39 is 0 Å². The van der Waals surface area contributed by atoms with Crippen molar-refractivity contribution in [2.75, 3.05) is 32.2 Å². The van der Waals surface area contributed by atoms with Gasteiger partial charge in [-0.25, -0.2) is 0 Å². The lowest BCUT2D eigenvalue weighted by Gasteiger charge is -2.16. The lowest BCUT2D eigenvalue weighted by Crippen LogP contribution is -2.21. The van der Waals surface area contributed by atoms with Gasteiger partial charge in [0.15, 0.2) is 0 Å². The van der Waals surface area contributed by atoms with Crippen molar-refractivity contribution >= 4 is 23.2 Å². The Labute approximate surface area is 125 Å². The van der Waals surface area contributed by atoms with E-state index in [1.807, 2.05) is 26.0 Å². The van der Waals surface area contributed by atoms with Gasteiger partial charge in [0.25, 0.3) is 0 Å². The predicted molar refractivity (Wildman–Crippen MR) is 81.5 cm³/mol. The van der Waals surface area contributed by atoms with Crippen molar-refractivity contribution < 1.29 is 14.3 Å². The molecule has 0 atom stereocenters. The van der Waals surface area contributed by atoms with Crippen molar-refractivity contribution in [2.24, 2.45) is 0 Å². The Balaban J connectivity index is 2.74. The average molecular weight is 300 g/mol. The number of nitrogens with one attached hydrogen (secondary N) is 1. The van der Waals surface area contributed by atoms with Gasteiger partial charge in [-0.05, 0) is 30.0 Å². The summed E-state index contributed by atoms with van der Waals surface area (Å²) in [5.74, 6) is -0.173. The largest absolute Gasteiger partial charge is 0.382 e. The molecule has 0 saturated carbocycles. The molecule has 1 aromatic carbocycles. The quantitative estimate of drug-likeness (QED) is 0.751. The van der Waals surface area contributed by atoms with Gasteiger partial charge in [-0.15, -0.1) is 0 Å². The summed E-state index contributed by atoms with van der Waals surface area (Å²) in [6, 6.07) is 3.83. The van der Waals surface area contributed by atoms with Crippen LogP contribution in [0.4, 0.5) is 5.69 Å². The number of hydrogen-bond acceptors (Lipinski definition) is 3. The molecule has 0 bridgehead atoms. The molecule has 1 N–H and O–H groups in total. The van der Waals surface area contributed by atoms with Gasteiger partial charge < -0.3 is 14.8 Å².